The van der Waals surface area contributed by atoms with E-state index >= 15 is 0 Å². The molecule has 0 saturated heterocycles. The van der Waals surface area contributed by atoms with Gasteiger partial charge >= 0.3 is 17.8 Å². The third-order valence-electron chi connectivity index (χ3n) is 5.21. The summed E-state index contributed by atoms with van der Waals surface area (Å²) in [7, 11) is 0. The van der Waals surface area contributed by atoms with Crippen molar-refractivity contribution >= 4 is 11.7 Å². The highest BCUT2D eigenvalue weighted by atomic mass is 19.4. The summed E-state index contributed by atoms with van der Waals surface area (Å²) < 4.78 is 45.6. The number of ether oxygens (including phenoxy) is 1. The number of rotatable bonds is 7. The van der Waals surface area contributed by atoms with Crippen LogP contribution >= 0.6 is 0 Å². The maximum Gasteiger partial charge on any atom is 0.416 e. The number of aryl methyl sites for hydroxylation is 1. The number of nitrogens with zero attached hydrogens (tertiary/aromatic N) is 3. The predicted molar refractivity (Wildman–Crippen MR) is 101 cm³/mol. The average molecular weight is 425 g/mol. The molecular weight excluding hydrogens is 403 g/mol. The van der Waals surface area contributed by atoms with Gasteiger partial charge in [-0.05, 0) is 45.1 Å². The van der Waals surface area contributed by atoms with E-state index in [4.69, 9.17) is 4.74 Å². The molecule has 3 rings (SSSR count). The number of hydrogen-bond acceptors (Lipinski definition) is 5. The molecule has 0 N–H and O–H groups in total. The molecule has 7 nitrogen and oxygen atoms in total. The third-order valence-corrected chi connectivity index (χ3v) is 5.21. The van der Waals surface area contributed by atoms with E-state index in [9.17, 15) is 28.1 Å². The Hall–Kier alpha value is -2.91. The Balaban J connectivity index is 1.62. The maximum atomic E-state index is 13.0. The number of halogens is 3. The molecule has 2 aliphatic carbocycles. The molecule has 0 amide bonds. The minimum atomic E-state index is -4.43. The zero-order valence-electron chi connectivity index (χ0n) is 16.8. The molecule has 1 saturated carbocycles. The van der Waals surface area contributed by atoms with E-state index in [1.54, 1.807) is 13.8 Å². The molecule has 10 heteroatoms. The van der Waals surface area contributed by atoms with E-state index in [2.05, 4.69) is 5.10 Å². The molecule has 1 aromatic rings. The van der Waals surface area contributed by atoms with Crippen molar-refractivity contribution < 1.29 is 27.6 Å². The van der Waals surface area contributed by atoms with Crippen LogP contribution in [-0.2, 0) is 16.1 Å². The van der Waals surface area contributed by atoms with E-state index in [1.807, 2.05) is 0 Å². The quantitative estimate of drug-likeness (QED) is 0.274. The van der Waals surface area contributed by atoms with Crippen LogP contribution < -0.4 is 0 Å². The molecule has 1 atom stereocenters. The van der Waals surface area contributed by atoms with Crippen molar-refractivity contribution in [2.45, 2.75) is 52.8 Å². The Labute approximate surface area is 171 Å². The fourth-order valence-electron chi connectivity index (χ4n) is 3.61. The highest BCUT2D eigenvalue weighted by Crippen LogP contribution is 2.47. The first kappa shape index (κ1) is 21.8. The monoisotopic (exact) mass is 425 g/mol. The number of carbonyl (C=O) groups excluding carboxylic acids is 1. The predicted octanol–water partition coefficient (Wildman–Crippen LogP) is 4.70. The van der Waals surface area contributed by atoms with Gasteiger partial charge in [0, 0.05) is 5.92 Å². The largest absolute Gasteiger partial charge is 0.434 e. The normalized spacial score (nSPS) is 19.5. The Morgan fingerprint density at radius 2 is 2.07 bits per heavy atom. The number of alkyl halides is 3. The van der Waals surface area contributed by atoms with Gasteiger partial charge in [-0.1, -0.05) is 17.7 Å². The van der Waals surface area contributed by atoms with Crippen molar-refractivity contribution in [2.24, 2.45) is 11.8 Å². The van der Waals surface area contributed by atoms with Crippen LogP contribution in [0.25, 0.3) is 0 Å². The van der Waals surface area contributed by atoms with E-state index in [1.165, 1.54) is 17.9 Å². The van der Waals surface area contributed by atoms with Crippen molar-refractivity contribution in [3.63, 3.8) is 0 Å². The summed E-state index contributed by atoms with van der Waals surface area (Å²) in [5.74, 6) is -1.13. The first-order valence-corrected chi connectivity index (χ1v) is 9.51. The van der Waals surface area contributed by atoms with Gasteiger partial charge in [-0.25, -0.2) is 0 Å². The summed E-state index contributed by atoms with van der Waals surface area (Å²) >= 11 is 0. The number of hydrogen-bond donors (Lipinski definition) is 0. The summed E-state index contributed by atoms with van der Waals surface area (Å²) in [5.41, 5.74) is 1.13. The molecule has 0 spiro atoms. The molecule has 1 fully saturated rings. The lowest BCUT2D eigenvalue weighted by atomic mass is 9.95. The van der Waals surface area contributed by atoms with Crippen LogP contribution in [0.5, 0.6) is 0 Å². The molecule has 0 radical (unpaired) electrons. The molecule has 1 unspecified atom stereocenters. The first-order chi connectivity index (χ1) is 14.0. The topological polar surface area (TPSA) is 87.3 Å². The van der Waals surface area contributed by atoms with Crippen LogP contribution in [0.4, 0.5) is 18.9 Å². The van der Waals surface area contributed by atoms with Gasteiger partial charge in [-0.3, -0.25) is 19.6 Å². The van der Waals surface area contributed by atoms with Crippen LogP contribution in [0.3, 0.4) is 0 Å². The van der Waals surface area contributed by atoms with Gasteiger partial charge in [0.15, 0.2) is 0 Å². The summed E-state index contributed by atoms with van der Waals surface area (Å²) in [5, 5.41) is 15.2. The number of aromatic nitrogens is 2. The highest BCUT2D eigenvalue weighted by molar-refractivity contribution is 5.72. The lowest BCUT2D eigenvalue weighted by Gasteiger charge is -2.12. The Bertz CT molecular complexity index is 969. The highest BCUT2D eigenvalue weighted by Gasteiger charge is 2.41. The standard InChI is InChI=1S/C20H22F3N3O4/c1-11(9-25-13(3)19(26(28)29)12(2)24-25)10-30-18(27)7-15-6-16(20(21,22)23)8-17(15)14-4-5-14/h6,8,10,14-15H,4-5,7,9H2,1-3H3/b11-10+. The molecule has 0 aromatic carbocycles. The Morgan fingerprint density at radius 1 is 1.40 bits per heavy atom. The number of esters is 1. The molecule has 0 aliphatic heterocycles. The van der Waals surface area contributed by atoms with Crippen LogP contribution in [0.15, 0.2) is 35.1 Å². The van der Waals surface area contributed by atoms with E-state index in [0.29, 0.717) is 16.8 Å². The Kier molecular flexibility index (Phi) is 5.87. The fourth-order valence-corrected chi connectivity index (χ4v) is 3.61. The average Bonchev–Trinajstić information content (AvgIpc) is 3.31. The summed E-state index contributed by atoms with van der Waals surface area (Å²) in [4.78, 5) is 22.8. The smallest absolute Gasteiger partial charge is 0.416 e. The zero-order chi connectivity index (χ0) is 22.2. The van der Waals surface area contributed by atoms with Gasteiger partial charge in [-0.15, -0.1) is 0 Å². The van der Waals surface area contributed by atoms with Crippen molar-refractivity contribution in [3.05, 3.63) is 56.6 Å². The minimum absolute atomic E-state index is 0.0623. The van der Waals surface area contributed by atoms with Crippen LogP contribution in [0.1, 0.15) is 37.6 Å². The molecule has 162 valence electrons. The second-order valence-corrected chi connectivity index (χ2v) is 7.74. The van der Waals surface area contributed by atoms with Gasteiger partial charge in [0.2, 0.25) is 0 Å². The number of allylic oxidation sites excluding steroid dienone is 5. The molecule has 1 heterocycles. The summed E-state index contributed by atoms with van der Waals surface area (Å²) in [6.45, 7) is 4.97. The Morgan fingerprint density at radius 3 is 2.60 bits per heavy atom. The SMILES string of the molecule is C/C(=C\OC(=O)CC1C=C(C(F)(F)F)C=C1C1CC1)Cn1nc(C)c([N+](=O)[O-])c1C. The summed E-state index contributed by atoms with van der Waals surface area (Å²) in [6.07, 6.45) is 0.546. The molecular formula is C20H22F3N3O4. The number of nitro groups is 1. The zero-order valence-corrected chi connectivity index (χ0v) is 16.8. The van der Waals surface area contributed by atoms with E-state index in [-0.39, 0.29) is 30.3 Å². The second kappa shape index (κ2) is 8.08. The number of carbonyl (C=O) groups is 1. The van der Waals surface area contributed by atoms with Crippen LogP contribution in [0, 0.1) is 35.8 Å². The van der Waals surface area contributed by atoms with Gasteiger partial charge < -0.3 is 4.74 Å². The van der Waals surface area contributed by atoms with Gasteiger partial charge in [0.25, 0.3) is 0 Å². The minimum Gasteiger partial charge on any atom is -0.434 e. The molecule has 30 heavy (non-hydrogen) atoms. The van der Waals surface area contributed by atoms with Crippen LogP contribution in [0.2, 0.25) is 0 Å². The van der Waals surface area contributed by atoms with Crippen molar-refractivity contribution in [1.29, 1.82) is 0 Å². The lowest BCUT2D eigenvalue weighted by Crippen LogP contribution is -2.11. The van der Waals surface area contributed by atoms with Crippen LogP contribution in [-0.4, -0.2) is 26.8 Å². The maximum absolute atomic E-state index is 13.0. The second-order valence-electron chi connectivity index (χ2n) is 7.74. The molecule has 1 aromatic heterocycles. The lowest BCUT2D eigenvalue weighted by molar-refractivity contribution is -0.386. The molecule has 0 bridgehead atoms. The fraction of sp³-hybridized carbons (Fsp3) is 0.500. The first-order valence-electron chi connectivity index (χ1n) is 9.51. The van der Waals surface area contributed by atoms with Crippen molar-refractivity contribution in [1.82, 2.24) is 9.78 Å². The van der Waals surface area contributed by atoms with Gasteiger partial charge in [-0.2, -0.15) is 18.3 Å². The van der Waals surface area contributed by atoms with Crippen molar-refractivity contribution in [2.75, 3.05) is 0 Å². The summed E-state index contributed by atoms with van der Waals surface area (Å²) in [6, 6.07) is 0. The van der Waals surface area contributed by atoms with Crippen molar-refractivity contribution in [3.8, 4) is 0 Å². The van der Waals surface area contributed by atoms with Gasteiger partial charge in [0.05, 0.1) is 29.7 Å². The molecule has 2 aliphatic rings. The third kappa shape index (κ3) is 4.80. The van der Waals surface area contributed by atoms with E-state index in [0.717, 1.165) is 25.0 Å². The van der Waals surface area contributed by atoms with Gasteiger partial charge in [0.1, 0.15) is 11.4 Å². The van der Waals surface area contributed by atoms with E-state index < -0.39 is 28.6 Å².